The molecule has 2 aromatic rings. The fourth-order valence-corrected chi connectivity index (χ4v) is 2.40. The van der Waals surface area contributed by atoms with Crippen LogP contribution in [0.2, 0.25) is 0 Å². The summed E-state index contributed by atoms with van der Waals surface area (Å²) in [6.45, 7) is 0.166. The van der Waals surface area contributed by atoms with Crippen molar-refractivity contribution in [1.29, 1.82) is 0 Å². The maximum absolute atomic E-state index is 12.2. The molecule has 0 bridgehead atoms. The molecule has 106 valence electrons. The minimum atomic E-state index is -0.569. The predicted octanol–water partition coefficient (Wildman–Crippen LogP) is 1.19. The standard InChI is InChI=1S/C17H15NO3/c19-15-10-9-14-8-4-5-11-18(14)16(15)17(20)21-12-13-6-2-1-3-7-13/h1-8,11H,9-10,12H2. The number of benzene rings is 1. The second-order valence-corrected chi connectivity index (χ2v) is 4.90. The molecule has 4 heteroatoms. The molecule has 0 fully saturated rings. The molecule has 0 aliphatic carbocycles. The van der Waals surface area contributed by atoms with Crippen molar-refractivity contribution in [3.05, 3.63) is 71.7 Å². The number of fused-ring (bicyclic) bond motifs is 1. The van der Waals surface area contributed by atoms with Gasteiger partial charge in [-0.3, -0.25) is 0 Å². The lowest BCUT2D eigenvalue weighted by atomic mass is 10.1. The van der Waals surface area contributed by atoms with Crippen molar-refractivity contribution in [2.24, 2.45) is 0 Å². The first-order valence-corrected chi connectivity index (χ1v) is 6.87. The Morgan fingerprint density at radius 2 is 1.86 bits per heavy atom. The normalized spacial score (nSPS) is 13.7. The Bertz CT molecular complexity index is 692. The minimum absolute atomic E-state index is 0.104. The van der Waals surface area contributed by atoms with Crippen LogP contribution in [0.4, 0.5) is 0 Å². The van der Waals surface area contributed by atoms with Crippen molar-refractivity contribution in [3.8, 4) is 0 Å². The Kier molecular flexibility index (Phi) is 3.69. The van der Waals surface area contributed by atoms with Gasteiger partial charge in [0.05, 0.1) is 0 Å². The lowest BCUT2D eigenvalue weighted by Crippen LogP contribution is -2.45. The third-order valence-corrected chi connectivity index (χ3v) is 3.46. The van der Waals surface area contributed by atoms with Crippen LogP contribution >= 0.6 is 0 Å². The lowest BCUT2D eigenvalue weighted by Gasteiger charge is -2.19. The second-order valence-electron chi connectivity index (χ2n) is 4.90. The van der Waals surface area contributed by atoms with Crippen LogP contribution in [0, 0.1) is 0 Å². The summed E-state index contributed by atoms with van der Waals surface area (Å²) < 4.78 is 6.92. The number of esters is 1. The molecule has 0 saturated heterocycles. The van der Waals surface area contributed by atoms with Gasteiger partial charge in [-0.1, -0.05) is 36.4 Å². The van der Waals surface area contributed by atoms with Crippen molar-refractivity contribution in [2.45, 2.75) is 19.4 Å². The number of allylic oxidation sites excluding steroid dienone is 1. The highest BCUT2D eigenvalue weighted by atomic mass is 16.5. The molecule has 1 aromatic carbocycles. The van der Waals surface area contributed by atoms with E-state index in [-0.39, 0.29) is 18.1 Å². The highest BCUT2D eigenvalue weighted by Gasteiger charge is 2.29. The van der Waals surface area contributed by atoms with Crippen LogP contribution in [0.25, 0.3) is 5.70 Å². The van der Waals surface area contributed by atoms with Crippen molar-refractivity contribution in [1.82, 2.24) is 0 Å². The molecule has 1 aliphatic heterocycles. The first kappa shape index (κ1) is 13.4. The number of aryl methyl sites for hydroxylation is 1. The first-order chi connectivity index (χ1) is 10.3. The van der Waals surface area contributed by atoms with Gasteiger partial charge in [-0.25, -0.2) is 4.79 Å². The van der Waals surface area contributed by atoms with Crippen molar-refractivity contribution in [3.63, 3.8) is 0 Å². The smallest absolute Gasteiger partial charge is 0.403 e. The highest BCUT2D eigenvalue weighted by Crippen LogP contribution is 2.16. The van der Waals surface area contributed by atoms with E-state index in [4.69, 9.17) is 4.74 Å². The van der Waals surface area contributed by atoms with E-state index in [1.165, 1.54) is 0 Å². The summed E-state index contributed by atoms with van der Waals surface area (Å²) in [6, 6.07) is 15.0. The zero-order chi connectivity index (χ0) is 14.7. The Morgan fingerprint density at radius 1 is 1.10 bits per heavy atom. The summed E-state index contributed by atoms with van der Waals surface area (Å²) in [5, 5.41) is 12.1. The first-order valence-electron chi connectivity index (χ1n) is 6.87. The van der Waals surface area contributed by atoms with E-state index in [1.54, 1.807) is 16.8 Å². The van der Waals surface area contributed by atoms with E-state index in [0.29, 0.717) is 12.8 Å². The molecule has 0 saturated carbocycles. The number of hydrogen-bond acceptors (Lipinski definition) is 3. The van der Waals surface area contributed by atoms with Crippen LogP contribution in [-0.4, -0.2) is 5.97 Å². The molecule has 1 aliphatic rings. The maximum atomic E-state index is 12.2. The lowest BCUT2D eigenvalue weighted by molar-refractivity contribution is -0.596. The molecule has 0 amide bonds. The maximum Gasteiger partial charge on any atom is 0.403 e. The summed E-state index contributed by atoms with van der Waals surface area (Å²) in [4.78, 5) is 12.2. The number of ether oxygens (including phenoxy) is 1. The summed E-state index contributed by atoms with van der Waals surface area (Å²) in [5.41, 5.74) is 1.95. The molecule has 0 atom stereocenters. The van der Waals surface area contributed by atoms with Gasteiger partial charge in [-0.2, -0.15) is 4.57 Å². The van der Waals surface area contributed by atoms with Gasteiger partial charge < -0.3 is 9.84 Å². The average Bonchev–Trinajstić information content (AvgIpc) is 2.53. The fraction of sp³-hybridized carbons (Fsp3) is 0.176. The van der Waals surface area contributed by atoms with Crippen LogP contribution in [0.1, 0.15) is 17.7 Å². The highest BCUT2D eigenvalue weighted by molar-refractivity contribution is 6.06. The molecular formula is C17H15NO3. The Balaban J connectivity index is 1.80. The number of pyridine rings is 1. The topological polar surface area (TPSA) is 53.2 Å². The van der Waals surface area contributed by atoms with E-state index >= 15 is 0 Å². The summed E-state index contributed by atoms with van der Waals surface area (Å²) >= 11 is 0. The van der Waals surface area contributed by atoms with Crippen molar-refractivity contribution >= 4 is 11.7 Å². The quantitative estimate of drug-likeness (QED) is 0.627. The number of nitrogens with zero attached hydrogens (tertiary/aromatic N) is 1. The number of hydrogen-bond donors (Lipinski definition) is 0. The molecule has 0 spiro atoms. The summed E-state index contributed by atoms with van der Waals surface area (Å²) in [7, 11) is 0. The molecule has 4 nitrogen and oxygen atoms in total. The molecule has 2 heterocycles. The Labute approximate surface area is 122 Å². The van der Waals surface area contributed by atoms with Gasteiger partial charge in [-0.15, -0.1) is 0 Å². The van der Waals surface area contributed by atoms with Crippen LogP contribution in [-0.2, 0) is 22.6 Å². The van der Waals surface area contributed by atoms with Crippen molar-refractivity contribution < 1.29 is 19.2 Å². The number of aromatic nitrogens is 1. The zero-order valence-corrected chi connectivity index (χ0v) is 11.5. The van der Waals surface area contributed by atoms with Gasteiger partial charge in [-0.05, 0) is 17.7 Å². The van der Waals surface area contributed by atoms with Gasteiger partial charge in [0.1, 0.15) is 6.61 Å². The Hall–Kier alpha value is -2.62. The van der Waals surface area contributed by atoms with Gasteiger partial charge in [0.15, 0.2) is 11.9 Å². The molecule has 0 radical (unpaired) electrons. The zero-order valence-electron chi connectivity index (χ0n) is 11.5. The van der Waals surface area contributed by atoms with E-state index < -0.39 is 5.97 Å². The molecule has 21 heavy (non-hydrogen) atoms. The van der Waals surface area contributed by atoms with Gasteiger partial charge in [0.25, 0.3) is 5.70 Å². The Morgan fingerprint density at radius 3 is 2.67 bits per heavy atom. The molecule has 0 unspecified atom stereocenters. The SMILES string of the molecule is O=C(OCc1ccccc1)C1=C([O-])CCc2cccc[n+]21. The fourth-order valence-electron chi connectivity index (χ4n) is 2.40. The van der Waals surface area contributed by atoms with Gasteiger partial charge in [0.2, 0.25) is 0 Å². The van der Waals surface area contributed by atoms with Crippen LogP contribution in [0.3, 0.4) is 0 Å². The number of carbonyl (C=O) groups excluding carboxylic acids is 1. The molecule has 3 rings (SSSR count). The minimum Gasteiger partial charge on any atom is -0.871 e. The van der Waals surface area contributed by atoms with Crippen LogP contribution in [0.5, 0.6) is 0 Å². The molecule has 1 aromatic heterocycles. The average molecular weight is 281 g/mol. The van der Waals surface area contributed by atoms with Gasteiger partial charge in [0, 0.05) is 18.6 Å². The molecular weight excluding hydrogens is 266 g/mol. The van der Waals surface area contributed by atoms with Gasteiger partial charge >= 0.3 is 5.97 Å². The second kappa shape index (κ2) is 5.79. The van der Waals surface area contributed by atoms with Crippen LogP contribution in [0.15, 0.2) is 60.5 Å². The monoisotopic (exact) mass is 281 g/mol. The summed E-state index contributed by atoms with van der Waals surface area (Å²) in [5.74, 6) is -0.738. The predicted molar refractivity (Wildman–Crippen MR) is 74.4 cm³/mol. The largest absolute Gasteiger partial charge is 0.871 e. The van der Waals surface area contributed by atoms with E-state index in [0.717, 1.165) is 11.3 Å². The van der Waals surface area contributed by atoms with E-state index in [1.807, 2.05) is 42.5 Å². The third-order valence-electron chi connectivity index (χ3n) is 3.46. The third kappa shape index (κ3) is 2.79. The molecule has 0 N–H and O–H groups in total. The van der Waals surface area contributed by atoms with E-state index in [2.05, 4.69) is 0 Å². The van der Waals surface area contributed by atoms with Crippen molar-refractivity contribution in [2.75, 3.05) is 0 Å². The number of rotatable bonds is 3. The van der Waals surface area contributed by atoms with Crippen LogP contribution < -0.4 is 9.67 Å². The summed E-state index contributed by atoms with van der Waals surface area (Å²) in [6.07, 6.45) is 2.72. The number of carbonyl (C=O) groups is 1. The van der Waals surface area contributed by atoms with E-state index in [9.17, 15) is 9.90 Å².